The number of halogens is 2. The molecule has 2 N–H and O–H groups in total. The normalized spacial score (nSPS) is 15.7. The van der Waals surface area contributed by atoms with Crippen LogP contribution in [0.1, 0.15) is 19.4 Å². The Morgan fingerprint density at radius 2 is 1.64 bits per heavy atom. The molecule has 0 unspecified atom stereocenters. The van der Waals surface area contributed by atoms with E-state index < -0.39 is 5.41 Å². The van der Waals surface area contributed by atoms with Crippen molar-refractivity contribution < 1.29 is 4.79 Å². The van der Waals surface area contributed by atoms with Gasteiger partial charge in [-0.2, -0.15) is 0 Å². The Labute approximate surface area is 145 Å². The Morgan fingerprint density at radius 3 is 2.14 bits per heavy atom. The second-order valence-corrected chi connectivity index (χ2v) is 6.14. The largest absolute Gasteiger partial charge is 0.340 e. The van der Waals surface area contributed by atoms with Crippen LogP contribution in [0, 0.1) is 5.41 Å². The third kappa shape index (κ3) is 5.43. The van der Waals surface area contributed by atoms with E-state index in [0.717, 1.165) is 32.7 Å². The van der Waals surface area contributed by atoms with Gasteiger partial charge in [-0.25, -0.2) is 0 Å². The maximum atomic E-state index is 12.3. The van der Waals surface area contributed by atoms with E-state index in [9.17, 15) is 4.79 Å². The number of piperazine rings is 1. The smallest absolute Gasteiger partial charge is 0.229 e. The highest BCUT2D eigenvalue weighted by Gasteiger charge is 2.32. The lowest BCUT2D eigenvalue weighted by molar-refractivity contribution is -0.141. The van der Waals surface area contributed by atoms with E-state index in [-0.39, 0.29) is 30.7 Å². The molecule has 22 heavy (non-hydrogen) atoms. The summed E-state index contributed by atoms with van der Waals surface area (Å²) in [4.78, 5) is 16.7. The number of nitrogens with zero attached hydrogens (tertiary/aromatic N) is 2. The molecule has 1 amide bonds. The van der Waals surface area contributed by atoms with Crippen molar-refractivity contribution >= 4 is 30.7 Å². The first kappa shape index (κ1) is 21.2. The van der Waals surface area contributed by atoms with Gasteiger partial charge >= 0.3 is 0 Å². The van der Waals surface area contributed by atoms with Crippen molar-refractivity contribution in [2.45, 2.75) is 20.4 Å². The summed E-state index contributed by atoms with van der Waals surface area (Å²) in [6.07, 6.45) is 0. The molecule has 0 atom stereocenters. The fourth-order valence-electron chi connectivity index (χ4n) is 2.47. The van der Waals surface area contributed by atoms with Crippen LogP contribution < -0.4 is 5.73 Å². The van der Waals surface area contributed by atoms with Gasteiger partial charge in [0.1, 0.15) is 0 Å². The molecule has 0 spiro atoms. The summed E-state index contributed by atoms with van der Waals surface area (Å²) in [5, 5.41) is 0. The molecule has 1 heterocycles. The first-order valence-corrected chi connectivity index (χ1v) is 7.28. The van der Waals surface area contributed by atoms with Crippen molar-refractivity contribution in [1.29, 1.82) is 0 Å². The molecule has 0 saturated carbocycles. The SMILES string of the molecule is CC(C)(CN)C(=O)N1CCN(Cc2ccccc2)CC1.Cl.Cl. The fourth-order valence-corrected chi connectivity index (χ4v) is 2.47. The Morgan fingerprint density at radius 1 is 1.09 bits per heavy atom. The van der Waals surface area contributed by atoms with Crippen LogP contribution in [0.3, 0.4) is 0 Å². The van der Waals surface area contributed by atoms with E-state index in [1.54, 1.807) is 0 Å². The van der Waals surface area contributed by atoms with Crippen molar-refractivity contribution in [3.63, 3.8) is 0 Å². The van der Waals surface area contributed by atoms with Gasteiger partial charge in [-0.15, -0.1) is 24.8 Å². The maximum absolute atomic E-state index is 12.3. The summed E-state index contributed by atoms with van der Waals surface area (Å²) in [7, 11) is 0. The average molecular weight is 348 g/mol. The lowest BCUT2D eigenvalue weighted by atomic mass is 9.91. The van der Waals surface area contributed by atoms with E-state index in [2.05, 4.69) is 29.2 Å². The molecule has 0 bridgehead atoms. The molecule has 2 rings (SSSR count). The molecule has 1 aliphatic heterocycles. The minimum absolute atomic E-state index is 0. The van der Waals surface area contributed by atoms with Crippen molar-refractivity contribution in [2.24, 2.45) is 11.1 Å². The standard InChI is InChI=1S/C16H25N3O.2ClH/c1-16(2,13-17)15(20)19-10-8-18(9-11-19)12-14-6-4-3-5-7-14;;/h3-7H,8-13,17H2,1-2H3;2*1H. The first-order chi connectivity index (χ1) is 9.53. The zero-order valence-electron chi connectivity index (χ0n) is 13.3. The molecule has 1 aliphatic rings. The monoisotopic (exact) mass is 347 g/mol. The van der Waals surface area contributed by atoms with E-state index in [0.29, 0.717) is 6.54 Å². The summed E-state index contributed by atoms with van der Waals surface area (Å²) >= 11 is 0. The van der Waals surface area contributed by atoms with Gasteiger partial charge in [0.2, 0.25) is 5.91 Å². The van der Waals surface area contributed by atoms with Crippen LogP contribution in [0.4, 0.5) is 0 Å². The van der Waals surface area contributed by atoms with Crippen molar-refractivity contribution in [2.75, 3.05) is 32.7 Å². The Bertz CT molecular complexity index is 446. The zero-order valence-corrected chi connectivity index (χ0v) is 15.0. The molecule has 0 aromatic heterocycles. The lowest BCUT2D eigenvalue weighted by Gasteiger charge is -2.38. The van der Waals surface area contributed by atoms with E-state index >= 15 is 0 Å². The van der Waals surface area contributed by atoms with Crippen LogP contribution in [0.5, 0.6) is 0 Å². The van der Waals surface area contributed by atoms with Crippen LogP contribution in [-0.4, -0.2) is 48.4 Å². The number of carbonyl (C=O) groups excluding carboxylic acids is 1. The molecule has 1 saturated heterocycles. The van der Waals surface area contributed by atoms with Crippen LogP contribution in [0.15, 0.2) is 30.3 Å². The molecule has 126 valence electrons. The number of rotatable bonds is 4. The predicted molar refractivity (Wildman–Crippen MR) is 95.6 cm³/mol. The number of amides is 1. The third-order valence-electron chi connectivity index (χ3n) is 4.00. The van der Waals surface area contributed by atoms with Crippen LogP contribution in [0.25, 0.3) is 0 Å². The van der Waals surface area contributed by atoms with Crippen molar-refractivity contribution in [3.8, 4) is 0 Å². The molecule has 6 heteroatoms. The minimum Gasteiger partial charge on any atom is -0.340 e. The van der Waals surface area contributed by atoms with Crippen LogP contribution in [0.2, 0.25) is 0 Å². The van der Waals surface area contributed by atoms with Gasteiger partial charge in [-0.05, 0) is 19.4 Å². The van der Waals surface area contributed by atoms with Gasteiger partial charge in [0.05, 0.1) is 5.41 Å². The van der Waals surface area contributed by atoms with E-state index in [1.807, 2.05) is 24.8 Å². The molecular formula is C16H27Cl2N3O. The second-order valence-electron chi connectivity index (χ2n) is 6.14. The van der Waals surface area contributed by atoms with E-state index in [1.165, 1.54) is 5.56 Å². The average Bonchev–Trinajstić information content (AvgIpc) is 2.48. The minimum atomic E-state index is -0.443. The van der Waals surface area contributed by atoms with Crippen LogP contribution >= 0.6 is 24.8 Å². The summed E-state index contributed by atoms with van der Waals surface area (Å²) in [5.41, 5.74) is 6.57. The van der Waals surface area contributed by atoms with Crippen LogP contribution in [-0.2, 0) is 11.3 Å². The van der Waals surface area contributed by atoms with Gasteiger partial charge in [-0.1, -0.05) is 30.3 Å². The molecule has 1 aromatic carbocycles. The zero-order chi connectivity index (χ0) is 14.6. The quantitative estimate of drug-likeness (QED) is 0.907. The number of hydrogen-bond donors (Lipinski definition) is 1. The summed E-state index contributed by atoms with van der Waals surface area (Å²) in [5.74, 6) is 0.180. The van der Waals surface area contributed by atoms with Gasteiger partial charge in [0.25, 0.3) is 0 Å². The predicted octanol–water partition coefficient (Wildman–Crippen LogP) is 2.16. The number of benzene rings is 1. The Balaban J connectivity index is 0.00000220. The summed E-state index contributed by atoms with van der Waals surface area (Å²) < 4.78 is 0. The van der Waals surface area contributed by atoms with E-state index in [4.69, 9.17) is 5.73 Å². The van der Waals surface area contributed by atoms with Crippen molar-refractivity contribution in [1.82, 2.24) is 9.80 Å². The van der Waals surface area contributed by atoms with Gasteiger partial charge in [-0.3, -0.25) is 9.69 Å². The highest BCUT2D eigenvalue weighted by molar-refractivity contribution is 5.85. The highest BCUT2D eigenvalue weighted by Crippen LogP contribution is 2.18. The molecule has 4 nitrogen and oxygen atoms in total. The number of nitrogens with two attached hydrogens (primary N) is 1. The molecular weight excluding hydrogens is 321 g/mol. The topological polar surface area (TPSA) is 49.6 Å². The lowest BCUT2D eigenvalue weighted by Crippen LogP contribution is -2.53. The van der Waals surface area contributed by atoms with Gasteiger partial charge < -0.3 is 10.6 Å². The Hall–Kier alpha value is -0.810. The second kappa shape index (κ2) is 9.36. The number of carbonyl (C=O) groups is 1. The molecule has 0 aliphatic carbocycles. The van der Waals surface area contributed by atoms with Gasteiger partial charge in [0, 0.05) is 39.3 Å². The third-order valence-corrected chi connectivity index (χ3v) is 4.00. The van der Waals surface area contributed by atoms with Gasteiger partial charge in [0.15, 0.2) is 0 Å². The highest BCUT2D eigenvalue weighted by atomic mass is 35.5. The van der Waals surface area contributed by atoms with Crippen molar-refractivity contribution in [3.05, 3.63) is 35.9 Å². The summed E-state index contributed by atoms with van der Waals surface area (Å²) in [6.45, 7) is 8.67. The molecule has 1 aromatic rings. The fraction of sp³-hybridized carbons (Fsp3) is 0.562. The molecule has 0 radical (unpaired) electrons. The first-order valence-electron chi connectivity index (χ1n) is 7.28. The number of hydrogen-bond acceptors (Lipinski definition) is 3. The molecule has 1 fully saturated rings. The Kier molecular flexibility index (Phi) is 9.01. The maximum Gasteiger partial charge on any atom is 0.229 e. The summed E-state index contributed by atoms with van der Waals surface area (Å²) in [6, 6.07) is 10.5.